The van der Waals surface area contributed by atoms with Crippen molar-refractivity contribution in [1.29, 1.82) is 0 Å². The fourth-order valence-corrected chi connectivity index (χ4v) is 1.01. The van der Waals surface area contributed by atoms with E-state index in [0.717, 1.165) is 6.20 Å². The number of pyridine rings is 1. The van der Waals surface area contributed by atoms with Gasteiger partial charge in [0.25, 0.3) is 0 Å². The van der Waals surface area contributed by atoms with Crippen molar-refractivity contribution in [3.8, 4) is 11.5 Å². The number of carbonyl (C=O) groups is 1. The summed E-state index contributed by atoms with van der Waals surface area (Å²) >= 11 is 0. The molecule has 2 rings (SSSR count). The van der Waals surface area contributed by atoms with Crippen molar-refractivity contribution in [2.45, 2.75) is 0 Å². The second-order valence-corrected chi connectivity index (χ2v) is 2.69. The Labute approximate surface area is 84.7 Å². The lowest BCUT2D eigenvalue weighted by atomic mass is 10.3. The predicted octanol–water partition coefficient (Wildman–Crippen LogP) is 0.632. The maximum Gasteiger partial charge on any atom is 0.356 e. The smallest absolute Gasteiger partial charge is 0.356 e. The van der Waals surface area contributed by atoms with Gasteiger partial charge in [0.2, 0.25) is 5.82 Å². The van der Waals surface area contributed by atoms with Gasteiger partial charge in [0.05, 0.1) is 6.20 Å². The van der Waals surface area contributed by atoms with Crippen LogP contribution in [-0.2, 0) is 0 Å². The van der Waals surface area contributed by atoms with Crippen LogP contribution >= 0.6 is 0 Å². The molecule has 0 aromatic carbocycles. The Hall–Kier alpha value is -2.37. The highest BCUT2D eigenvalue weighted by Gasteiger charge is 2.09. The van der Waals surface area contributed by atoms with Gasteiger partial charge in [-0.25, -0.2) is 9.78 Å². The minimum Gasteiger partial charge on any atom is -0.476 e. The molecule has 0 amide bonds. The molecule has 2 heterocycles. The Morgan fingerprint density at radius 1 is 1.33 bits per heavy atom. The van der Waals surface area contributed by atoms with Gasteiger partial charge in [0, 0.05) is 6.20 Å². The Morgan fingerprint density at radius 2 is 2.20 bits per heavy atom. The van der Waals surface area contributed by atoms with Gasteiger partial charge in [0.15, 0.2) is 5.69 Å². The Kier molecular flexibility index (Phi) is 2.32. The number of aromatic nitrogens is 4. The van der Waals surface area contributed by atoms with Crippen LogP contribution in [0, 0.1) is 0 Å². The van der Waals surface area contributed by atoms with Crippen LogP contribution in [0.1, 0.15) is 10.5 Å². The molecule has 0 aliphatic heterocycles. The summed E-state index contributed by atoms with van der Waals surface area (Å²) in [6.07, 6.45) is 2.67. The van der Waals surface area contributed by atoms with Crippen LogP contribution in [0.2, 0.25) is 0 Å². The van der Waals surface area contributed by atoms with Gasteiger partial charge >= 0.3 is 5.97 Å². The van der Waals surface area contributed by atoms with E-state index in [2.05, 4.69) is 20.2 Å². The molecular weight excluding hydrogens is 196 g/mol. The first-order valence-electron chi connectivity index (χ1n) is 4.12. The van der Waals surface area contributed by atoms with Gasteiger partial charge in [-0.2, -0.15) is 5.10 Å². The van der Waals surface area contributed by atoms with Crippen LogP contribution in [0.4, 0.5) is 0 Å². The average molecular weight is 202 g/mol. The van der Waals surface area contributed by atoms with E-state index in [0.29, 0.717) is 5.69 Å². The number of hydrogen-bond acceptors (Lipinski definition) is 5. The van der Waals surface area contributed by atoms with E-state index in [-0.39, 0.29) is 11.5 Å². The summed E-state index contributed by atoms with van der Waals surface area (Å²) in [6, 6.07) is 5.19. The van der Waals surface area contributed by atoms with Crippen molar-refractivity contribution in [2.75, 3.05) is 0 Å². The zero-order valence-corrected chi connectivity index (χ0v) is 7.53. The van der Waals surface area contributed by atoms with Crippen LogP contribution < -0.4 is 0 Å². The number of rotatable bonds is 2. The van der Waals surface area contributed by atoms with E-state index in [9.17, 15) is 4.79 Å². The van der Waals surface area contributed by atoms with Gasteiger partial charge in [0.1, 0.15) is 5.69 Å². The van der Waals surface area contributed by atoms with Gasteiger partial charge < -0.3 is 5.11 Å². The zero-order chi connectivity index (χ0) is 10.7. The molecular formula is C9H6N4O2. The lowest BCUT2D eigenvalue weighted by molar-refractivity contribution is 0.0689. The highest BCUT2D eigenvalue weighted by molar-refractivity contribution is 5.85. The maximum atomic E-state index is 10.6. The molecule has 0 radical (unpaired) electrons. The molecule has 6 nitrogen and oxygen atoms in total. The van der Waals surface area contributed by atoms with Crippen LogP contribution in [0.15, 0.2) is 30.6 Å². The molecule has 0 saturated carbocycles. The fraction of sp³-hybridized carbons (Fsp3) is 0. The topological polar surface area (TPSA) is 88.9 Å². The summed E-state index contributed by atoms with van der Waals surface area (Å²) in [5.41, 5.74) is 0.346. The molecule has 0 atom stereocenters. The predicted molar refractivity (Wildman–Crippen MR) is 50.0 cm³/mol. The van der Waals surface area contributed by atoms with Crippen molar-refractivity contribution in [3.05, 3.63) is 36.3 Å². The summed E-state index contributed by atoms with van der Waals surface area (Å²) in [5.74, 6) is -0.933. The van der Waals surface area contributed by atoms with Crippen molar-refractivity contribution in [1.82, 2.24) is 20.2 Å². The molecule has 0 saturated heterocycles. The molecule has 0 bridgehead atoms. The number of hydrogen-bond donors (Lipinski definition) is 1. The lowest BCUT2D eigenvalue weighted by Crippen LogP contribution is -2.04. The molecule has 2 aromatic heterocycles. The van der Waals surface area contributed by atoms with Crippen LogP contribution in [0.5, 0.6) is 0 Å². The summed E-state index contributed by atoms with van der Waals surface area (Å²) in [6.45, 7) is 0. The average Bonchev–Trinajstić information content (AvgIpc) is 2.30. The number of carboxylic acid groups (broad SMARTS) is 1. The van der Waals surface area contributed by atoms with E-state index in [4.69, 9.17) is 5.11 Å². The standard InChI is InChI=1S/C9H6N4O2/c14-9(15)7-5-11-13-8(12-7)6-3-1-2-4-10-6/h1-5H,(H,14,15). The van der Waals surface area contributed by atoms with Crippen LogP contribution in [0.3, 0.4) is 0 Å². The SMILES string of the molecule is O=C(O)c1cnnc(-c2ccccn2)n1. The van der Waals surface area contributed by atoms with Gasteiger partial charge in [-0.3, -0.25) is 4.98 Å². The molecule has 0 unspecified atom stereocenters. The van der Waals surface area contributed by atoms with E-state index in [1.165, 1.54) is 0 Å². The quantitative estimate of drug-likeness (QED) is 0.768. The molecule has 0 aliphatic rings. The molecule has 0 spiro atoms. The highest BCUT2D eigenvalue weighted by Crippen LogP contribution is 2.08. The first kappa shape index (κ1) is 9.20. The molecule has 15 heavy (non-hydrogen) atoms. The van der Waals surface area contributed by atoms with Gasteiger partial charge in [-0.15, -0.1) is 5.10 Å². The van der Waals surface area contributed by atoms with E-state index in [1.54, 1.807) is 24.4 Å². The molecule has 1 N–H and O–H groups in total. The van der Waals surface area contributed by atoms with Crippen molar-refractivity contribution < 1.29 is 9.90 Å². The third-order valence-corrected chi connectivity index (χ3v) is 1.67. The summed E-state index contributed by atoms with van der Waals surface area (Å²) < 4.78 is 0. The molecule has 0 aliphatic carbocycles. The van der Waals surface area contributed by atoms with Crippen molar-refractivity contribution >= 4 is 5.97 Å². The van der Waals surface area contributed by atoms with Gasteiger partial charge in [-0.05, 0) is 12.1 Å². The minimum absolute atomic E-state index is 0.148. The number of carboxylic acids is 1. The largest absolute Gasteiger partial charge is 0.476 e. The Balaban J connectivity index is 2.46. The minimum atomic E-state index is -1.14. The second-order valence-electron chi connectivity index (χ2n) is 2.69. The fourth-order valence-electron chi connectivity index (χ4n) is 1.01. The number of aromatic carboxylic acids is 1. The second kappa shape index (κ2) is 3.79. The van der Waals surface area contributed by atoms with Crippen molar-refractivity contribution in [3.63, 3.8) is 0 Å². The van der Waals surface area contributed by atoms with Gasteiger partial charge in [-0.1, -0.05) is 6.07 Å². The highest BCUT2D eigenvalue weighted by atomic mass is 16.4. The molecule has 0 fully saturated rings. The van der Waals surface area contributed by atoms with Crippen molar-refractivity contribution in [2.24, 2.45) is 0 Å². The normalized spacial score (nSPS) is 9.87. The molecule has 6 heteroatoms. The van der Waals surface area contributed by atoms with E-state index < -0.39 is 5.97 Å². The third-order valence-electron chi connectivity index (χ3n) is 1.67. The first-order valence-corrected chi connectivity index (χ1v) is 4.12. The van der Waals surface area contributed by atoms with E-state index >= 15 is 0 Å². The summed E-state index contributed by atoms with van der Waals surface area (Å²) in [5, 5.41) is 16.0. The summed E-state index contributed by atoms with van der Waals surface area (Å²) in [7, 11) is 0. The molecule has 74 valence electrons. The van der Waals surface area contributed by atoms with Crippen LogP contribution in [-0.4, -0.2) is 31.2 Å². The first-order chi connectivity index (χ1) is 7.27. The lowest BCUT2D eigenvalue weighted by Gasteiger charge is -1.97. The number of nitrogens with zero attached hydrogens (tertiary/aromatic N) is 4. The molecule has 2 aromatic rings. The third kappa shape index (κ3) is 1.93. The van der Waals surface area contributed by atoms with Crippen LogP contribution in [0.25, 0.3) is 11.5 Å². The Morgan fingerprint density at radius 3 is 2.87 bits per heavy atom. The van der Waals surface area contributed by atoms with E-state index in [1.807, 2.05) is 0 Å². The zero-order valence-electron chi connectivity index (χ0n) is 7.53. The monoisotopic (exact) mass is 202 g/mol. The maximum absolute atomic E-state index is 10.6. The summed E-state index contributed by atoms with van der Waals surface area (Å²) in [4.78, 5) is 18.4. The Bertz CT molecular complexity index is 486.